The number of hydrogen-bond donors (Lipinski definition) is 2. The molecule has 0 bridgehead atoms. The van der Waals surface area contributed by atoms with Gasteiger partial charge in [-0.05, 0) is 44.0 Å². The molecule has 1 amide bonds. The summed E-state index contributed by atoms with van der Waals surface area (Å²) in [6.07, 6.45) is 6.42. The molecule has 0 atom stereocenters. The van der Waals surface area contributed by atoms with Gasteiger partial charge in [-0.25, -0.2) is 4.79 Å². The van der Waals surface area contributed by atoms with Crippen LogP contribution in [0.15, 0.2) is 36.0 Å². The topological polar surface area (TPSA) is 84.5 Å². The summed E-state index contributed by atoms with van der Waals surface area (Å²) in [5, 5.41) is 5.90. The maximum atomic E-state index is 12.5. The number of nitrogens with one attached hydrogen (secondary N) is 2. The van der Waals surface area contributed by atoms with E-state index in [0.717, 1.165) is 31.8 Å². The average molecular weight is 344 g/mol. The van der Waals surface area contributed by atoms with Crippen LogP contribution in [0.5, 0.6) is 0 Å². The van der Waals surface area contributed by atoms with Crippen LogP contribution in [0.4, 0.5) is 5.69 Å². The van der Waals surface area contributed by atoms with Gasteiger partial charge in [0.25, 0.3) is 5.91 Å². The van der Waals surface area contributed by atoms with E-state index in [1.807, 2.05) is 0 Å². The van der Waals surface area contributed by atoms with Gasteiger partial charge in [0.1, 0.15) is 5.70 Å². The molecule has 0 aliphatic heterocycles. The third-order valence-electron chi connectivity index (χ3n) is 4.22. The molecule has 2 N–H and O–H groups in total. The number of anilines is 1. The molecule has 0 heterocycles. The van der Waals surface area contributed by atoms with Crippen molar-refractivity contribution >= 4 is 23.3 Å². The molecule has 134 valence electrons. The van der Waals surface area contributed by atoms with Gasteiger partial charge in [0.15, 0.2) is 5.78 Å². The Morgan fingerprint density at radius 2 is 1.72 bits per heavy atom. The summed E-state index contributed by atoms with van der Waals surface area (Å²) < 4.78 is 4.63. The van der Waals surface area contributed by atoms with E-state index in [2.05, 4.69) is 15.4 Å². The van der Waals surface area contributed by atoms with Crippen LogP contribution in [-0.2, 0) is 14.3 Å². The fraction of sp³-hybridized carbons (Fsp3) is 0.421. The second kappa shape index (κ2) is 9.01. The smallest absolute Gasteiger partial charge is 0.332 e. The first-order chi connectivity index (χ1) is 12.0. The minimum Gasteiger partial charge on any atom is -0.466 e. The standard InChI is InChI=1S/C19H24N2O4/c1-13(22)14-8-10-16(11-9-14)20-17(12-18(23)25-2)19(24)21-15-6-4-3-5-7-15/h8-12,15,20H,3-7H2,1-2H3,(H,21,24)/b17-12-. The summed E-state index contributed by atoms with van der Waals surface area (Å²) >= 11 is 0. The highest BCUT2D eigenvalue weighted by atomic mass is 16.5. The van der Waals surface area contributed by atoms with Crippen LogP contribution in [0, 0.1) is 0 Å². The van der Waals surface area contributed by atoms with Gasteiger partial charge in [0, 0.05) is 17.3 Å². The lowest BCUT2D eigenvalue weighted by Crippen LogP contribution is -2.38. The molecule has 1 aliphatic rings. The van der Waals surface area contributed by atoms with Crippen molar-refractivity contribution in [1.82, 2.24) is 5.32 Å². The number of ketones is 1. The van der Waals surface area contributed by atoms with E-state index < -0.39 is 5.97 Å². The predicted octanol–water partition coefficient (Wildman–Crippen LogP) is 2.81. The van der Waals surface area contributed by atoms with Crippen LogP contribution in [0.3, 0.4) is 0 Å². The van der Waals surface area contributed by atoms with Crippen molar-refractivity contribution in [3.63, 3.8) is 0 Å². The number of benzene rings is 1. The van der Waals surface area contributed by atoms with Gasteiger partial charge in [0.2, 0.25) is 0 Å². The number of amides is 1. The number of hydrogen-bond acceptors (Lipinski definition) is 5. The number of rotatable bonds is 6. The van der Waals surface area contributed by atoms with Gasteiger partial charge in [-0.3, -0.25) is 9.59 Å². The highest BCUT2D eigenvalue weighted by Gasteiger charge is 2.19. The average Bonchev–Trinajstić information content (AvgIpc) is 2.62. The Labute approximate surface area is 147 Å². The molecule has 1 aromatic rings. The minimum atomic E-state index is -0.610. The molecule has 6 heteroatoms. The molecule has 25 heavy (non-hydrogen) atoms. The van der Waals surface area contributed by atoms with Crippen LogP contribution in [0.25, 0.3) is 0 Å². The first-order valence-electron chi connectivity index (χ1n) is 8.48. The lowest BCUT2D eigenvalue weighted by atomic mass is 9.95. The highest BCUT2D eigenvalue weighted by molar-refractivity contribution is 6.02. The van der Waals surface area contributed by atoms with Crippen molar-refractivity contribution in [2.24, 2.45) is 0 Å². The van der Waals surface area contributed by atoms with Crippen molar-refractivity contribution in [3.05, 3.63) is 41.6 Å². The van der Waals surface area contributed by atoms with Crippen molar-refractivity contribution in [1.29, 1.82) is 0 Å². The number of esters is 1. The van der Waals surface area contributed by atoms with Crippen LogP contribution >= 0.6 is 0 Å². The fourth-order valence-corrected chi connectivity index (χ4v) is 2.79. The van der Waals surface area contributed by atoms with Gasteiger partial charge < -0.3 is 15.4 Å². The molecule has 0 saturated heterocycles. The van der Waals surface area contributed by atoms with Gasteiger partial charge in [-0.1, -0.05) is 19.3 Å². The molecule has 0 spiro atoms. The van der Waals surface area contributed by atoms with Gasteiger partial charge in [0.05, 0.1) is 13.2 Å². The molecule has 1 aromatic carbocycles. The molecule has 1 fully saturated rings. The number of ether oxygens (including phenoxy) is 1. The Bertz CT molecular complexity index is 659. The Kier molecular flexibility index (Phi) is 6.74. The first kappa shape index (κ1) is 18.7. The molecule has 6 nitrogen and oxygen atoms in total. The third-order valence-corrected chi connectivity index (χ3v) is 4.22. The Balaban J connectivity index is 2.11. The largest absolute Gasteiger partial charge is 0.466 e. The molecule has 0 radical (unpaired) electrons. The number of methoxy groups -OCH3 is 1. The number of carbonyl (C=O) groups excluding carboxylic acids is 3. The molecule has 0 aromatic heterocycles. The zero-order chi connectivity index (χ0) is 18.2. The second-order valence-electron chi connectivity index (χ2n) is 6.15. The minimum absolute atomic E-state index is 0.0353. The molecule has 1 aliphatic carbocycles. The van der Waals surface area contributed by atoms with Crippen LogP contribution < -0.4 is 10.6 Å². The summed E-state index contributed by atoms with van der Waals surface area (Å²) in [7, 11) is 1.26. The zero-order valence-corrected chi connectivity index (χ0v) is 14.6. The summed E-state index contributed by atoms with van der Waals surface area (Å²) in [6.45, 7) is 1.49. The van der Waals surface area contributed by atoms with Crippen LogP contribution in [-0.4, -0.2) is 30.8 Å². The first-order valence-corrected chi connectivity index (χ1v) is 8.48. The maximum Gasteiger partial charge on any atom is 0.332 e. The second-order valence-corrected chi connectivity index (χ2v) is 6.15. The Morgan fingerprint density at radius 1 is 1.08 bits per heavy atom. The highest BCUT2D eigenvalue weighted by Crippen LogP contribution is 2.18. The van der Waals surface area contributed by atoms with E-state index in [0.29, 0.717) is 11.3 Å². The quantitative estimate of drug-likeness (QED) is 0.471. The van der Waals surface area contributed by atoms with Crippen LogP contribution in [0.1, 0.15) is 49.4 Å². The molecule has 2 rings (SSSR count). The monoisotopic (exact) mass is 344 g/mol. The van der Waals surface area contributed by atoms with Crippen molar-refractivity contribution < 1.29 is 19.1 Å². The summed E-state index contributed by atoms with van der Waals surface area (Å²) in [5.41, 5.74) is 1.31. The normalized spacial score (nSPS) is 15.4. The molecular formula is C19H24N2O4. The maximum absolute atomic E-state index is 12.5. The molecule has 0 unspecified atom stereocenters. The van der Waals surface area contributed by atoms with E-state index in [1.165, 1.54) is 20.5 Å². The number of Topliss-reactive ketones (excluding diaryl/α,β-unsaturated/α-hetero) is 1. The Morgan fingerprint density at radius 3 is 2.28 bits per heavy atom. The predicted molar refractivity (Wildman–Crippen MR) is 95.2 cm³/mol. The zero-order valence-electron chi connectivity index (χ0n) is 14.6. The van der Waals surface area contributed by atoms with Crippen molar-refractivity contribution in [2.75, 3.05) is 12.4 Å². The SMILES string of the molecule is COC(=O)/C=C(\Nc1ccc(C(C)=O)cc1)C(=O)NC1CCCCC1. The molecule has 1 saturated carbocycles. The Hall–Kier alpha value is -2.63. The fourth-order valence-electron chi connectivity index (χ4n) is 2.79. The lowest BCUT2D eigenvalue weighted by Gasteiger charge is -2.23. The number of carbonyl (C=O) groups is 3. The van der Waals surface area contributed by atoms with E-state index >= 15 is 0 Å². The van der Waals surface area contributed by atoms with Crippen molar-refractivity contribution in [2.45, 2.75) is 45.1 Å². The van der Waals surface area contributed by atoms with E-state index in [4.69, 9.17) is 0 Å². The van der Waals surface area contributed by atoms with E-state index in [9.17, 15) is 14.4 Å². The summed E-state index contributed by atoms with van der Waals surface area (Å²) in [4.78, 5) is 35.5. The lowest BCUT2D eigenvalue weighted by molar-refractivity contribution is -0.135. The van der Waals surface area contributed by atoms with Gasteiger partial charge in [-0.15, -0.1) is 0 Å². The molecular weight excluding hydrogens is 320 g/mol. The van der Waals surface area contributed by atoms with Gasteiger partial charge in [-0.2, -0.15) is 0 Å². The van der Waals surface area contributed by atoms with E-state index in [1.54, 1.807) is 24.3 Å². The van der Waals surface area contributed by atoms with Crippen molar-refractivity contribution in [3.8, 4) is 0 Å². The van der Waals surface area contributed by atoms with Crippen LogP contribution in [0.2, 0.25) is 0 Å². The van der Waals surface area contributed by atoms with Gasteiger partial charge >= 0.3 is 5.97 Å². The third kappa shape index (κ3) is 5.74. The summed E-state index contributed by atoms with van der Waals surface area (Å²) in [5.74, 6) is -0.985. The van der Waals surface area contributed by atoms with E-state index in [-0.39, 0.29) is 23.4 Å². The summed E-state index contributed by atoms with van der Waals surface area (Å²) in [6, 6.07) is 6.84.